The van der Waals surface area contributed by atoms with Crippen LogP contribution < -0.4 is 0 Å². The van der Waals surface area contributed by atoms with E-state index in [-0.39, 0.29) is 12.0 Å². The van der Waals surface area contributed by atoms with Crippen molar-refractivity contribution in [3.05, 3.63) is 47.5 Å². The van der Waals surface area contributed by atoms with E-state index in [9.17, 15) is 4.79 Å². The number of piperidine rings is 1. The number of ether oxygens (including phenoxy) is 1. The van der Waals surface area contributed by atoms with Crippen molar-refractivity contribution >= 4 is 5.97 Å². The monoisotopic (exact) mass is 385 g/mol. The molecular formula is C25H39NO2. The van der Waals surface area contributed by atoms with Gasteiger partial charge in [0.05, 0.1) is 6.04 Å². The molecule has 1 aromatic rings. The van der Waals surface area contributed by atoms with Gasteiger partial charge in [-0.15, -0.1) is 0 Å². The molecule has 0 unspecified atom stereocenters. The molecule has 0 radical (unpaired) electrons. The maximum atomic E-state index is 11.5. The molecule has 0 aromatic heterocycles. The third kappa shape index (κ3) is 7.79. The molecule has 0 amide bonds. The van der Waals surface area contributed by atoms with Crippen LogP contribution >= 0.6 is 0 Å². The predicted molar refractivity (Wildman–Crippen MR) is 117 cm³/mol. The van der Waals surface area contributed by atoms with Crippen LogP contribution in [0.4, 0.5) is 0 Å². The molecule has 3 heteroatoms. The van der Waals surface area contributed by atoms with Crippen molar-refractivity contribution in [2.75, 3.05) is 13.2 Å². The lowest BCUT2D eigenvalue weighted by Crippen LogP contribution is -2.44. The summed E-state index contributed by atoms with van der Waals surface area (Å²) in [6, 6.07) is 11.3. The molecule has 0 bridgehead atoms. The summed E-state index contributed by atoms with van der Waals surface area (Å²) in [5.74, 6) is 0.561. The number of hydrogen-bond acceptors (Lipinski definition) is 3. The average Bonchev–Trinajstić information content (AvgIpc) is 2.67. The zero-order valence-corrected chi connectivity index (χ0v) is 18.3. The van der Waals surface area contributed by atoms with E-state index in [1.54, 1.807) is 0 Å². The zero-order chi connectivity index (χ0) is 20.4. The van der Waals surface area contributed by atoms with Gasteiger partial charge < -0.3 is 4.74 Å². The number of esters is 1. The number of nitrogens with zero attached hydrogens (tertiary/aromatic N) is 1. The first-order valence-electron chi connectivity index (χ1n) is 11.0. The van der Waals surface area contributed by atoms with Gasteiger partial charge in [-0.1, -0.05) is 55.3 Å². The van der Waals surface area contributed by atoms with Crippen LogP contribution in [0.2, 0.25) is 0 Å². The van der Waals surface area contributed by atoms with Crippen molar-refractivity contribution in [3.63, 3.8) is 0 Å². The van der Waals surface area contributed by atoms with Crippen LogP contribution in [0.1, 0.15) is 84.2 Å². The lowest BCUT2D eigenvalue weighted by molar-refractivity contribution is -0.143. The lowest BCUT2D eigenvalue weighted by atomic mass is 9.90. The summed E-state index contributed by atoms with van der Waals surface area (Å²) in [5.41, 5.74) is 2.68. The molecule has 0 saturated carbocycles. The molecule has 1 saturated heterocycles. The molecule has 1 aromatic carbocycles. The molecule has 1 heterocycles. The number of allylic oxidation sites excluding steroid dienone is 2. The van der Waals surface area contributed by atoms with Gasteiger partial charge in [0.1, 0.15) is 6.61 Å². The van der Waals surface area contributed by atoms with Gasteiger partial charge in [0, 0.05) is 13.0 Å². The Labute approximate surface area is 172 Å². The Morgan fingerprint density at radius 3 is 2.61 bits per heavy atom. The second-order valence-corrected chi connectivity index (χ2v) is 8.66. The predicted octanol–water partition coefficient (Wildman–Crippen LogP) is 6.31. The fourth-order valence-electron chi connectivity index (χ4n) is 4.28. The average molecular weight is 386 g/mol. The molecule has 0 aliphatic carbocycles. The summed E-state index contributed by atoms with van der Waals surface area (Å²) in [7, 11) is 0. The molecule has 1 aliphatic rings. The van der Waals surface area contributed by atoms with Crippen LogP contribution in [0.25, 0.3) is 0 Å². The smallest absolute Gasteiger partial charge is 0.302 e. The molecule has 156 valence electrons. The Kier molecular flexibility index (Phi) is 9.77. The van der Waals surface area contributed by atoms with Gasteiger partial charge in [0.2, 0.25) is 0 Å². The molecule has 1 aliphatic heterocycles. The Morgan fingerprint density at radius 1 is 1.18 bits per heavy atom. The fraction of sp³-hybridized carbons (Fsp3) is 0.640. The minimum atomic E-state index is -0.192. The molecule has 28 heavy (non-hydrogen) atoms. The van der Waals surface area contributed by atoms with Crippen LogP contribution in [0, 0.1) is 5.92 Å². The number of carbonyl (C=O) groups excluding carboxylic acids is 1. The highest BCUT2D eigenvalue weighted by atomic mass is 16.5. The first-order valence-corrected chi connectivity index (χ1v) is 11.0. The lowest BCUT2D eigenvalue weighted by Gasteiger charge is -2.41. The van der Waals surface area contributed by atoms with Crippen molar-refractivity contribution in [2.45, 2.75) is 84.7 Å². The summed E-state index contributed by atoms with van der Waals surface area (Å²) in [6.45, 7) is 9.79. The first kappa shape index (κ1) is 22.7. The summed E-state index contributed by atoms with van der Waals surface area (Å²) in [6.07, 6.45) is 11.1. The third-order valence-corrected chi connectivity index (χ3v) is 5.91. The van der Waals surface area contributed by atoms with Crippen LogP contribution in [0.3, 0.4) is 0 Å². The summed E-state index contributed by atoms with van der Waals surface area (Å²) < 4.78 is 5.47. The third-order valence-electron chi connectivity index (χ3n) is 5.91. The van der Waals surface area contributed by atoms with Crippen molar-refractivity contribution in [3.8, 4) is 0 Å². The minimum absolute atomic E-state index is 0.163. The zero-order valence-electron chi connectivity index (χ0n) is 18.3. The Bertz CT molecular complexity index is 606. The normalized spacial score (nSPS) is 19.6. The second-order valence-electron chi connectivity index (χ2n) is 8.66. The summed E-state index contributed by atoms with van der Waals surface area (Å²) in [4.78, 5) is 14.1. The highest BCUT2D eigenvalue weighted by molar-refractivity contribution is 5.65. The standard InChI is InChI=1S/C25H39NO2/c1-20(2)11-10-12-21(3)16-17-24-15-8-9-18-26(24)25(19-28-22(4)27)23-13-6-5-7-14-23/h5-7,11,13-14,21,24-25H,8-10,12,15-19H2,1-4H3/t21-,24-,25-/m1/s1. The van der Waals surface area contributed by atoms with Gasteiger partial charge in [-0.3, -0.25) is 9.69 Å². The molecule has 2 rings (SSSR count). The highest BCUT2D eigenvalue weighted by Crippen LogP contribution is 2.32. The van der Waals surface area contributed by atoms with E-state index in [2.05, 4.69) is 56.0 Å². The van der Waals surface area contributed by atoms with Gasteiger partial charge in [-0.25, -0.2) is 0 Å². The van der Waals surface area contributed by atoms with Crippen LogP contribution in [0.5, 0.6) is 0 Å². The summed E-state index contributed by atoms with van der Waals surface area (Å²) in [5, 5.41) is 0. The molecule has 3 nitrogen and oxygen atoms in total. The van der Waals surface area contributed by atoms with E-state index < -0.39 is 0 Å². The van der Waals surface area contributed by atoms with Crippen molar-refractivity contribution in [2.24, 2.45) is 5.92 Å². The topological polar surface area (TPSA) is 29.5 Å². The number of carbonyl (C=O) groups is 1. The Morgan fingerprint density at radius 2 is 1.93 bits per heavy atom. The number of hydrogen-bond donors (Lipinski definition) is 0. The Balaban J connectivity index is 2.01. The number of rotatable bonds is 10. The second kappa shape index (κ2) is 12.1. The first-order chi connectivity index (χ1) is 13.5. The summed E-state index contributed by atoms with van der Waals surface area (Å²) >= 11 is 0. The van der Waals surface area contributed by atoms with Gasteiger partial charge >= 0.3 is 5.97 Å². The molecule has 1 fully saturated rings. The van der Waals surface area contributed by atoms with E-state index >= 15 is 0 Å². The highest BCUT2D eigenvalue weighted by Gasteiger charge is 2.30. The van der Waals surface area contributed by atoms with Gasteiger partial charge in [0.25, 0.3) is 0 Å². The van der Waals surface area contributed by atoms with Crippen molar-refractivity contribution < 1.29 is 9.53 Å². The van der Waals surface area contributed by atoms with Crippen LogP contribution in [0.15, 0.2) is 42.0 Å². The minimum Gasteiger partial charge on any atom is -0.464 e. The van der Waals surface area contributed by atoms with Gasteiger partial charge in [-0.2, -0.15) is 0 Å². The van der Waals surface area contributed by atoms with Crippen LogP contribution in [-0.4, -0.2) is 30.1 Å². The molecular weight excluding hydrogens is 346 g/mol. The van der Waals surface area contributed by atoms with Crippen molar-refractivity contribution in [1.82, 2.24) is 4.90 Å². The maximum Gasteiger partial charge on any atom is 0.302 e. The van der Waals surface area contributed by atoms with Gasteiger partial charge in [0.15, 0.2) is 0 Å². The SMILES string of the molecule is CC(=O)OC[C@H](c1ccccc1)N1CCCC[C@@H]1CC[C@H](C)CCC=C(C)C. The Hall–Kier alpha value is -1.61. The van der Waals surface area contributed by atoms with Crippen LogP contribution in [-0.2, 0) is 9.53 Å². The van der Waals surface area contributed by atoms with Gasteiger partial charge in [-0.05, 0) is 70.4 Å². The van der Waals surface area contributed by atoms with Crippen molar-refractivity contribution in [1.29, 1.82) is 0 Å². The number of benzene rings is 1. The van der Waals surface area contributed by atoms with E-state index in [1.807, 2.05) is 6.07 Å². The number of likely N-dealkylation sites (tertiary alicyclic amines) is 1. The van der Waals surface area contributed by atoms with E-state index in [0.29, 0.717) is 12.6 Å². The largest absolute Gasteiger partial charge is 0.464 e. The quantitative estimate of drug-likeness (QED) is 0.349. The van der Waals surface area contributed by atoms with E-state index in [4.69, 9.17) is 4.74 Å². The maximum absolute atomic E-state index is 11.5. The molecule has 0 N–H and O–H groups in total. The van der Waals surface area contributed by atoms with E-state index in [1.165, 1.54) is 63.0 Å². The molecule has 3 atom stereocenters. The fourth-order valence-corrected chi connectivity index (χ4v) is 4.28. The molecule has 0 spiro atoms. The van der Waals surface area contributed by atoms with E-state index in [0.717, 1.165) is 12.5 Å².